The van der Waals surface area contributed by atoms with Crippen LogP contribution in [0.25, 0.3) is 5.57 Å². The average Bonchev–Trinajstić information content (AvgIpc) is 3.30. The molecular formula is C22H19F2N3O2. The highest BCUT2D eigenvalue weighted by Gasteiger charge is 2.42. The van der Waals surface area contributed by atoms with Gasteiger partial charge in [0, 0.05) is 23.7 Å². The lowest BCUT2D eigenvalue weighted by Crippen LogP contribution is -2.47. The van der Waals surface area contributed by atoms with E-state index in [2.05, 4.69) is 5.32 Å². The Bertz CT molecular complexity index is 1050. The molecule has 2 aromatic carbocycles. The predicted molar refractivity (Wildman–Crippen MR) is 104 cm³/mol. The molecule has 0 unspecified atom stereocenters. The summed E-state index contributed by atoms with van der Waals surface area (Å²) in [5.41, 5.74) is 2.76. The zero-order valence-electron chi connectivity index (χ0n) is 15.6. The maximum Gasteiger partial charge on any atom is 0.322 e. The van der Waals surface area contributed by atoms with Crippen LogP contribution >= 0.6 is 0 Å². The third kappa shape index (κ3) is 3.06. The summed E-state index contributed by atoms with van der Waals surface area (Å²) in [5, 5.41) is 2.70. The van der Waals surface area contributed by atoms with Crippen LogP contribution in [0.3, 0.4) is 0 Å². The van der Waals surface area contributed by atoms with Crippen molar-refractivity contribution in [3.63, 3.8) is 0 Å². The van der Waals surface area contributed by atoms with Gasteiger partial charge >= 0.3 is 6.03 Å². The maximum absolute atomic E-state index is 14.1. The number of fused-ring (bicyclic) bond motifs is 3. The Morgan fingerprint density at radius 3 is 2.76 bits per heavy atom. The molecule has 148 valence electrons. The lowest BCUT2D eigenvalue weighted by Gasteiger charge is -2.32. The Morgan fingerprint density at radius 2 is 2.00 bits per heavy atom. The van der Waals surface area contributed by atoms with E-state index in [0.29, 0.717) is 23.4 Å². The van der Waals surface area contributed by atoms with Gasteiger partial charge in [-0.15, -0.1) is 0 Å². The van der Waals surface area contributed by atoms with E-state index in [0.717, 1.165) is 12.0 Å². The van der Waals surface area contributed by atoms with Crippen LogP contribution in [0.1, 0.15) is 17.5 Å². The van der Waals surface area contributed by atoms with E-state index in [1.807, 2.05) is 12.1 Å². The van der Waals surface area contributed by atoms with Gasteiger partial charge < -0.3 is 15.1 Å². The number of halogens is 2. The van der Waals surface area contributed by atoms with Gasteiger partial charge in [-0.1, -0.05) is 24.3 Å². The summed E-state index contributed by atoms with van der Waals surface area (Å²) in [6.45, 7) is 0.626. The lowest BCUT2D eigenvalue weighted by atomic mass is 9.95. The molecule has 1 saturated heterocycles. The first-order valence-corrected chi connectivity index (χ1v) is 9.60. The number of rotatable bonds is 3. The van der Waals surface area contributed by atoms with Crippen molar-refractivity contribution in [2.45, 2.75) is 19.0 Å². The second kappa shape index (κ2) is 6.69. The molecule has 5 nitrogen and oxygen atoms in total. The molecule has 5 rings (SSSR count). The lowest BCUT2D eigenvalue weighted by molar-refractivity contribution is -0.132. The van der Waals surface area contributed by atoms with E-state index in [-0.39, 0.29) is 48.6 Å². The van der Waals surface area contributed by atoms with Crippen molar-refractivity contribution in [3.05, 3.63) is 71.3 Å². The Labute approximate surface area is 166 Å². The van der Waals surface area contributed by atoms with Crippen molar-refractivity contribution in [1.29, 1.82) is 0 Å². The van der Waals surface area contributed by atoms with Gasteiger partial charge in [0.2, 0.25) is 5.91 Å². The van der Waals surface area contributed by atoms with Crippen molar-refractivity contribution in [1.82, 2.24) is 9.80 Å². The number of carbonyl (C=O) groups excluding carboxylic acids is 2. The smallest absolute Gasteiger partial charge is 0.322 e. The van der Waals surface area contributed by atoms with Gasteiger partial charge in [-0.05, 0) is 41.8 Å². The molecule has 0 spiro atoms. The Morgan fingerprint density at radius 1 is 1.17 bits per heavy atom. The SMILES string of the molecule is O=C1Nc2ccc(F)cc2CN1CC(=O)N1C[C@H]2C[C@@H]1C=C2c1ccccc1F. The number of nitrogens with one attached hydrogen (secondary N) is 1. The van der Waals surface area contributed by atoms with Crippen LogP contribution in [0.5, 0.6) is 0 Å². The molecule has 0 aromatic heterocycles. The monoisotopic (exact) mass is 395 g/mol. The number of nitrogens with zero attached hydrogens (tertiary/aromatic N) is 2. The molecule has 3 amide bonds. The van der Waals surface area contributed by atoms with Gasteiger partial charge in [-0.3, -0.25) is 4.79 Å². The molecule has 29 heavy (non-hydrogen) atoms. The van der Waals surface area contributed by atoms with E-state index in [1.54, 1.807) is 17.0 Å². The summed E-state index contributed by atoms with van der Waals surface area (Å²) in [7, 11) is 0. The van der Waals surface area contributed by atoms with Crippen molar-refractivity contribution < 1.29 is 18.4 Å². The van der Waals surface area contributed by atoms with Crippen molar-refractivity contribution in [2.24, 2.45) is 5.92 Å². The van der Waals surface area contributed by atoms with Crippen molar-refractivity contribution in [3.8, 4) is 0 Å². The summed E-state index contributed by atoms with van der Waals surface area (Å²) < 4.78 is 27.6. The molecule has 2 aliphatic heterocycles. The highest BCUT2D eigenvalue weighted by Crippen LogP contribution is 2.43. The van der Waals surface area contributed by atoms with Crippen LogP contribution in [0.15, 0.2) is 48.5 Å². The first-order valence-electron chi connectivity index (χ1n) is 9.60. The molecule has 1 N–H and O–H groups in total. The third-order valence-electron chi connectivity index (χ3n) is 5.94. The minimum atomic E-state index is -0.381. The van der Waals surface area contributed by atoms with E-state index in [4.69, 9.17) is 0 Å². The molecule has 3 aliphatic rings. The highest BCUT2D eigenvalue weighted by molar-refractivity contribution is 5.95. The highest BCUT2D eigenvalue weighted by atomic mass is 19.1. The summed E-state index contributed by atoms with van der Waals surface area (Å²) in [5.74, 6) is -0.684. The minimum Gasteiger partial charge on any atom is -0.334 e. The normalized spacial score (nSPS) is 22.4. The second-order valence-electron chi connectivity index (χ2n) is 7.74. The van der Waals surface area contributed by atoms with E-state index < -0.39 is 0 Å². The first kappa shape index (κ1) is 17.8. The summed E-state index contributed by atoms with van der Waals surface area (Å²) in [6.07, 6.45) is 2.74. The zero-order valence-corrected chi connectivity index (χ0v) is 15.6. The molecule has 2 atom stereocenters. The Balaban J connectivity index is 1.30. The van der Waals surface area contributed by atoms with Crippen LogP contribution in [0, 0.1) is 17.6 Å². The van der Waals surface area contributed by atoms with E-state index in [1.165, 1.54) is 29.2 Å². The van der Waals surface area contributed by atoms with Crippen LogP contribution in [0.2, 0.25) is 0 Å². The number of hydrogen-bond donors (Lipinski definition) is 1. The molecule has 7 heteroatoms. The van der Waals surface area contributed by atoms with Crippen LogP contribution in [0.4, 0.5) is 19.3 Å². The molecular weight excluding hydrogens is 376 g/mol. The number of amides is 3. The molecule has 2 bridgehead atoms. The summed E-state index contributed by atoms with van der Waals surface area (Å²) in [6, 6.07) is 10.4. The zero-order chi connectivity index (χ0) is 20.1. The average molecular weight is 395 g/mol. The molecule has 2 heterocycles. The number of likely N-dealkylation sites (tertiary alicyclic amines) is 1. The number of urea groups is 1. The number of anilines is 1. The fourth-order valence-corrected chi connectivity index (χ4v) is 4.55. The maximum atomic E-state index is 14.1. The van der Waals surface area contributed by atoms with Gasteiger partial charge in [0.15, 0.2) is 0 Å². The summed E-state index contributed by atoms with van der Waals surface area (Å²) >= 11 is 0. The molecule has 1 fully saturated rings. The topological polar surface area (TPSA) is 52.7 Å². The molecule has 0 saturated carbocycles. The van der Waals surface area contributed by atoms with Crippen LogP contribution in [-0.2, 0) is 11.3 Å². The molecule has 1 aliphatic carbocycles. The Hall–Kier alpha value is -3.22. The van der Waals surface area contributed by atoms with Crippen LogP contribution < -0.4 is 5.32 Å². The Kier molecular flexibility index (Phi) is 4.12. The second-order valence-corrected chi connectivity index (χ2v) is 7.74. The predicted octanol–water partition coefficient (Wildman–Crippen LogP) is 3.63. The fourth-order valence-electron chi connectivity index (χ4n) is 4.55. The number of carbonyl (C=O) groups is 2. The van der Waals surface area contributed by atoms with Gasteiger partial charge in [-0.2, -0.15) is 0 Å². The molecule has 0 radical (unpaired) electrons. The van der Waals surface area contributed by atoms with Gasteiger partial charge in [0.25, 0.3) is 0 Å². The minimum absolute atomic E-state index is 0.0755. The number of benzene rings is 2. The summed E-state index contributed by atoms with van der Waals surface area (Å²) in [4.78, 5) is 28.3. The number of hydrogen-bond acceptors (Lipinski definition) is 2. The van der Waals surface area contributed by atoms with Gasteiger partial charge in [-0.25, -0.2) is 13.6 Å². The largest absolute Gasteiger partial charge is 0.334 e. The van der Waals surface area contributed by atoms with Gasteiger partial charge in [0.1, 0.15) is 18.2 Å². The van der Waals surface area contributed by atoms with Crippen LogP contribution in [-0.4, -0.2) is 40.9 Å². The third-order valence-corrected chi connectivity index (χ3v) is 5.94. The molecule has 2 aromatic rings. The first-order chi connectivity index (χ1) is 14.0. The van der Waals surface area contributed by atoms with Gasteiger partial charge in [0.05, 0.1) is 12.6 Å². The van der Waals surface area contributed by atoms with E-state index in [9.17, 15) is 18.4 Å². The quantitative estimate of drug-likeness (QED) is 0.863. The van der Waals surface area contributed by atoms with Crippen molar-refractivity contribution >= 4 is 23.2 Å². The van der Waals surface area contributed by atoms with Crippen molar-refractivity contribution in [2.75, 3.05) is 18.4 Å². The standard InChI is InChI=1S/C22H19F2N3O2/c23-15-5-6-20-14(7-15)10-26(22(29)25-20)12-21(28)27-11-13-8-16(27)9-18(13)17-3-1-2-4-19(17)24/h1-7,9,13,16H,8,10-12H2,(H,25,29)/t13-,16-/m1/s1. The van der Waals surface area contributed by atoms with E-state index >= 15 is 0 Å². The fraction of sp³-hybridized carbons (Fsp3) is 0.273.